The SMILES string of the molecule is CC(C)NC(=O)c1cc(-c2ccc(S(C)(=O)=O)cc2)c(-c2ccc(F)cc2)s1. The summed E-state index contributed by atoms with van der Waals surface area (Å²) in [7, 11) is -3.29. The van der Waals surface area contributed by atoms with Gasteiger partial charge in [-0.15, -0.1) is 11.3 Å². The summed E-state index contributed by atoms with van der Waals surface area (Å²) in [6.07, 6.45) is 1.16. The van der Waals surface area contributed by atoms with Gasteiger partial charge < -0.3 is 5.32 Å². The molecule has 0 aliphatic carbocycles. The lowest BCUT2D eigenvalue weighted by atomic mass is 10.0. The van der Waals surface area contributed by atoms with Gasteiger partial charge in [-0.05, 0) is 55.3 Å². The maximum Gasteiger partial charge on any atom is 0.261 e. The van der Waals surface area contributed by atoms with Crippen LogP contribution in [0.15, 0.2) is 59.5 Å². The molecule has 2 aromatic carbocycles. The lowest BCUT2D eigenvalue weighted by Gasteiger charge is -2.06. The van der Waals surface area contributed by atoms with Gasteiger partial charge in [0, 0.05) is 22.7 Å². The molecule has 0 aliphatic heterocycles. The van der Waals surface area contributed by atoms with E-state index < -0.39 is 9.84 Å². The van der Waals surface area contributed by atoms with Crippen molar-refractivity contribution < 1.29 is 17.6 Å². The van der Waals surface area contributed by atoms with Crippen molar-refractivity contribution in [3.8, 4) is 21.6 Å². The van der Waals surface area contributed by atoms with E-state index in [1.807, 2.05) is 13.8 Å². The molecule has 28 heavy (non-hydrogen) atoms. The highest BCUT2D eigenvalue weighted by Gasteiger charge is 2.18. The molecule has 1 N–H and O–H groups in total. The Balaban J connectivity index is 2.11. The lowest BCUT2D eigenvalue weighted by Crippen LogP contribution is -2.29. The minimum Gasteiger partial charge on any atom is -0.349 e. The smallest absolute Gasteiger partial charge is 0.261 e. The summed E-state index contributed by atoms with van der Waals surface area (Å²) in [4.78, 5) is 14.1. The molecule has 0 saturated carbocycles. The first-order valence-electron chi connectivity index (χ1n) is 8.66. The molecule has 0 saturated heterocycles. The van der Waals surface area contributed by atoms with Gasteiger partial charge in [0.1, 0.15) is 5.82 Å². The zero-order chi connectivity index (χ0) is 20.5. The molecule has 0 aliphatic rings. The molecule has 0 bridgehead atoms. The largest absolute Gasteiger partial charge is 0.349 e. The average molecular weight is 418 g/mol. The van der Waals surface area contributed by atoms with Crippen molar-refractivity contribution in [2.75, 3.05) is 6.26 Å². The van der Waals surface area contributed by atoms with E-state index >= 15 is 0 Å². The second-order valence-electron chi connectivity index (χ2n) is 6.79. The van der Waals surface area contributed by atoms with Crippen LogP contribution in [0.25, 0.3) is 21.6 Å². The van der Waals surface area contributed by atoms with Gasteiger partial charge in [-0.25, -0.2) is 12.8 Å². The highest BCUT2D eigenvalue weighted by molar-refractivity contribution is 7.90. The number of thiophene rings is 1. The van der Waals surface area contributed by atoms with Crippen LogP contribution in [-0.4, -0.2) is 26.6 Å². The summed E-state index contributed by atoms with van der Waals surface area (Å²) >= 11 is 1.32. The number of carbonyl (C=O) groups excluding carboxylic acids is 1. The lowest BCUT2D eigenvalue weighted by molar-refractivity contribution is 0.0947. The van der Waals surface area contributed by atoms with Crippen molar-refractivity contribution in [2.24, 2.45) is 0 Å². The summed E-state index contributed by atoms with van der Waals surface area (Å²) in [5.74, 6) is -0.514. The highest BCUT2D eigenvalue weighted by atomic mass is 32.2. The molecule has 0 unspecified atom stereocenters. The van der Waals surface area contributed by atoms with Crippen LogP contribution in [0.5, 0.6) is 0 Å². The highest BCUT2D eigenvalue weighted by Crippen LogP contribution is 2.39. The van der Waals surface area contributed by atoms with Crippen LogP contribution in [0.2, 0.25) is 0 Å². The number of sulfone groups is 1. The molecule has 0 fully saturated rings. The number of nitrogens with one attached hydrogen (secondary N) is 1. The van der Waals surface area contributed by atoms with Crippen LogP contribution in [0.1, 0.15) is 23.5 Å². The summed E-state index contributed by atoms with van der Waals surface area (Å²) in [6.45, 7) is 3.77. The van der Waals surface area contributed by atoms with Crippen LogP contribution >= 0.6 is 11.3 Å². The molecule has 3 rings (SSSR count). The van der Waals surface area contributed by atoms with Gasteiger partial charge in [0.25, 0.3) is 5.91 Å². The van der Waals surface area contributed by atoms with Crippen molar-refractivity contribution >= 4 is 27.1 Å². The number of amides is 1. The minimum atomic E-state index is -3.29. The van der Waals surface area contributed by atoms with E-state index in [4.69, 9.17) is 0 Å². The zero-order valence-electron chi connectivity index (χ0n) is 15.7. The summed E-state index contributed by atoms with van der Waals surface area (Å²) in [5, 5.41) is 2.87. The third-order valence-electron chi connectivity index (χ3n) is 4.08. The first-order valence-corrected chi connectivity index (χ1v) is 11.4. The molecular formula is C21H20FNO3S2. The molecule has 1 amide bonds. The van der Waals surface area contributed by atoms with Crippen LogP contribution in [0, 0.1) is 5.82 Å². The zero-order valence-corrected chi connectivity index (χ0v) is 17.3. The van der Waals surface area contributed by atoms with Crippen molar-refractivity contribution in [2.45, 2.75) is 24.8 Å². The number of benzene rings is 2. The fourth-order valence-corrected chi connectivity index (χ4v) is 4.47. The fourth-order valence-electron chi connectivity index (χ4n) is 2.75. The molecule has 0 atom stereocenters. The van der Waals surface area contributed by atoms with Gasteiger partial charge >= 0.3 is 0 Å². The van der Waals surface area contributed by atoms with E-state index in [1.54, 1.807) is 42.5 Å². The van der Waals surface area contributed by atoms with Gasteiger partial charge in [0.05, 0.1) is 9.77 Å². The third-order valence-corrected chi connectivity index (χ3v) is 6.39. The third kappa shape index (κ3) is 4.48. The number of carbonyl (C=O) groups is 1. The number of hydrogen-bond acceptors (Lipinski definition) is 4. The Morgan fingerprint density at radius 3 is 2.11 bits per heavy atom. The first kappa shape index (κ1) is 20.2. The molecule has 4 nitrogen and oxygen atoms in total. The number of halogens is 1. The Kier molecular flexibility index (Phi) is 5.67. The molecule has 1 aromatic heterocycles. The van der Waals surface area contributed by atoms with Gasteiger partial charge in [-0.2, -0.15) is 0 Å². The monoisotopic (exact) mass is 417 g/mol. The molecule has 0 spiro atoms. The van der Waals surface area contributed by atoms with Crippen LogP contribution in [-0.2, 0) is 9.84 Å². The van der Waals surface area contributed by atoms with Crippen molar-refractivity contribution in [3.63, 3.8) is 0 Å². The molecular weight excluding hydrogens is 397 g/mol. The standard InChI is InChI=1S/C21H20FNO3S2/c1-13(2)23-21(24)19-12-18(14-6-10-17(11-7-14)28(3,25)26)20(27-19)15-4-8-16(22)9-5-15/h4-13H,1-3H3,(H,23,24). The van der Waals surface area contributed by atoms with Gasteiger partial charge in [0.15, 0.2) is 9.84 Å². The van der Waals surface area contributed by atoms with Crippen molar-refractivity contribution in [3.05, 3.63) is 65.3 Å². The second kappa shape index (κ2) is 7.85. The Morgan fingerprint density at radius 1 is 1.00 bits per heavy atom. The summed E-state index contributed by atoms with van der Waals surface area (Å²) < 4.78 is 36.8. The molecule has 7 heteroatoms. The molecule has 0 radical (unpaired) electrons. The summed E-state index contributed by atoms with van der Waals surface area (Å²) in [6, 6.07) is 14.4. The van der Waals surface area contributed by atoms with Crippen molar-refractivity contribution in [1.82, 2.24) is 5.32 Å². The molecule has 3 aromatic rings. The summed E-state index contributed by atoms with van der Waals surface area (Å²) in [5.41, 5.74) is 2.37. The van der Waals surface area contributed by atoms with E-state index in [2.05, 4.69) is 5.32 Å². The number of hydrogen-bond donors (Lipinski definition) is 1. The fraction of sp³-hybridized carbons (Fsp3) is 0.190. The Labute approximate surface area is 168 Å². The predicted molar refractivity (Wildman–Crippen MR) is 111 cm³/mol. The Hall–Kier alpha value is -2.51. The van der Waals surface area contributed by atoms with Gasteiger partial charge in [-0.1, -0.05) is 24.3 Å². The average Bonchev–Trinajstić information content (AvgIpc) is 3.07. The topological polar surface area (TPSA) is 63.2 Å². The second-order valence-corrected chi connectivity index (χ2v) is 9.85. The molecule has 1 heterocycles. The van der Waals surface area contributed by atoms with E-state index in [9.17, 15) is 17.6 Å². The van der Waals surface area contributed by atoms with E-state index in [-0.39, 0.29) is 22.7 Å². The Bertz CT molecular complexity index is 1100. The van der Waals surface area contributed by atoms with Crippen LogP contribution in [0.3, 0.4) is 0 Å². The molecule has 146 valence electrons. The maximum atomic E-state index is 13.3. The number of rotatable bonds is 5. The van der Waals surface area contributed by atoms with E-state index in [1.165, 1.54) is 23.5 Å². The van der Waals surface area contributed by atoms with Gasteiger partial charge in [0.2, 0.25) is 0 Å². The normalized spacial score (nSPS) is 11.6. The van der Waals surface area contributed by atoms with E-state index in [0.717, 1.165) is 27.8 Å². The first-order chi connectivity index (χ1) is 13.1. The minimum absolute atomic E-state index is 0.00126. The van der Waals surface area contributed by atoms with Gasteiger partial charge in [-0.3, -0.25) is 4.79 Å². The quantitative estimate of drug-likeness (QED) is 0.651. The van der Waals surface area contributed by atoms with Crippen LogP contribution < -0.4 is 5.32 Å². The predicted octanol–water partition coefficient (Wildman–Crippen LogP) is 4.76. The maximum absolute atomic E-state index is 13.3. The Morgan fingerprint density at radius 2 is 1.57 bits per heavy atom. The van der Waals surface area contributed by atoms with Crippen LogP contribution in [0.4, 0.5) is 4.39 Å². The van der Waals surface area contributed by atoms with E-state index in [0.29, 0.717) is 4.88 Å². The van der Waals surface area contributed by atoms with Crippen molar-refractivity contribution in [1.29, 1.82) is 0 Å².